The van der Waals surface area contributed by atoms with Crippen LogP contribution in [-0.2, 0) is 4.79 Å². The first-order valence-corrected chi connectivity index (χ1v) is 12.0. The summed E-state index contributed by atoms with van der Waals surface area (Å²) in [5.74, 6) is -0.299. The van der Waals surface area contributed by atoms with Crippen molar-refractivity contribution >= 4 is 5.97 Å². The third kappa shape index (κ3) is 3.16. The second kappa shape index (κ2) is 7.72. The van der Waals surface area contributed by atoms with Gasteiger partial charge in [-0.2, -0.15) is 0 Å². The van der Waals surface area contributed by atoms with E-state index in [-0.39, 0.29) is 52.8 Å². The molecule has 0 spiro atoms. The summed E-state index contributed by atoms with van der Waals surface area (Å²) in [6.07, 6.45) is 2.67. The van der Waals surface area contributed by atoms with Gasteiger partial charge < -0.3 is 25.5 Å². The van der Waals surface area contributed by atoms with Crippen LogP contribution in [-0.4, -0.2) is 55.9 Å². The summed E-state index contributed by atoms with van der Waals surface area (Å²) in [6, 6.07) is 0. The molecule has 4 aliphatic rings. The van der Waals surface area contributed by atoms with Gasteiger partial charge in [0, 0.05) is 6.42 Å². The summed E-state index contributed by atoms with van der Waals surface area (Å²) < 4.78 is 0. The molecule has 0 amide bonds. The lowest BCUT2D eigenvalue weighted by atomic mass is 9.42. The largest absolute Gasteiger partial charge is 0.481 e. The molecule has 6 heteroatoms. The van der Waals surface area contributed by atoms with Crippen molar-refractivity contribution in [3.63, 3.8) is 0 Å². The Hall–Kier alpha value is -0.690. The van der Waals surface area contributed by atoms with E-state index in [0.717, 1.165) is 19.3 Å². The van der Waals surface area contributed by atoms with Gasteiger partial charge in [0.05, 0.1) is 24.4 Å². The molecule has 0 aliphatic heterocycles. The van der Waals surface area contributed by atoms with E-state index in [4.69, 9.17) is 5.11 Å². The smallest absolute Gasteiger partial charge is 0.303 e. The van der Waals surface area contributed by atoms with E-state index >= 15 is 0 Å². The van der Waals surface area contributed by atoms with Gasteiger partial charge >= 0.3 is 5.97 Å². The van der Waals surface area contributed by atoms with E-state index in [1.54, 1.807) is 0 Å². The Morgan fingerprint density at radius 3 is 2.33 bits per heavy atom. The molecule has 0 heterocycles. The molecular weight excluding hydrogens is 384 g/mol. The third-order valence-corrected chi connectivity index (χ3v) is 10.4. The van der Waals surface area contributed by atoms with Crippen LogP contribution in [0.25, 0.3) is 0 Å². The van der Waals surface area contributed by atoms with Gasteiger partial charge in [0.25, 0.3) is 0 Å². The highest BCUT2D eigenvalue weighted by Gasteiger charge is 2.67. The van der Waals surface area contributed by atoms with Crippen LogP contribution in [0.3, 0.4) is 0 Å². The molecule has 5 unspecified atom stereocenters. The van der Waals surface area contributed by atoms with Crippen LogP contribution in [0.1, 0.15) is 72.1 Å². The van der Waals surface area contributed by atoms with Crippen molar-refractivity contribution in [2.75, 3.05) is 0 Å². The number of carbonyl (C=O) groups is 1. The minimum atomic E-state index is -0.839. The average Bonchev–Trinajstić information content (AvgIpc) is 3.05. The Labute approximate surface area is 179 Å². The maximum absolute atomic E-state index is 11.5. The van der Waals surface area contributed by atoms with Gasteiger partial charge in [-0.05, 0) is 91.3 Å². The predicted molar refractivity (Wildman–Crippen MR) is 111 cm³/mol. The molecular formula is C24H40O6. The zero-order chi connectivity index (χ0) is 22.0. The molecule has 0 aromatic carbocycles. The first kappa shape index (κ1) is 22.5. The molecule has 5 N–H and O–H groups in total. The molecule has 4 rings (SSSR count). The molecule has 0 bridgehead atoms. The minimum Gasteiger partial charge on any atom is -0.481 e. The van der Waals surface area contributed by atoms with E-state index in [2.05, 4.69) is 20.8 Å². The van der Waals surface area contributed by atoms with E-state index in [1.165, 1.54) is 0 Å². The lowest BCUT2D eigenvalue weighted by molar-refractivity contribution is -0.243. The molecule has 0 aromatic heterocycles. The monoisotopic (exact) mass is 424 g/mol. The number of aliphatic hydroxyl groups is 4. The maximum Gasteiger partial charge on any atom is 0.303 e. The Bertz CT molecular complexity index is 668. The Balaban J connectivity index is 1.64. The van der Waals surface area contributed by atoms with Gasteiger partial charge in [-0.3, -0.25) is 4.79 Å². The van der Waals surface area contributed by atoms with Crippen LogP contribution in [0.2, 0.25) is 0 Å². The van der Waals surface area contributed by atoms with Crippen LogP contribution in [0, 0.1) is 46.3 Å². The number of fused-ring (bicyclic) bond motifs is 5. The molecule has 172 valence electrons. The van der Waals surface area contributed by atoms with E-state index in [0.29, 0.717) is 25.7 Å². The first-order chi connectivity index (χ1) is 14.0. The van der Waals surface area contributed by atoms with Gasteiger partial charge in [0.1, 0.15) is 0 Å². The Kier molecular flexibility index (Phi) is 5.79. The standard InChI is InChI=1S/C24H40O6/c1-12(4-7-19(27)28)14-5-6-15-20-16(11-18(26)24(14,15)3)23(2)9-8-13(25)10-17(23)21(29)22(20)30/h12-18,20-22,25-26,29-30H,4-11H2,1-3H3,(H,27,28)/t12-,13?,14-,15+,16+,17?,18?,20+,21?,22?,23-,24-/m1/s1. The molecule has 4 aliphatic carbocycles. The van der Waals surface area contributed by atoms with Crippen molar-refractivity contribution in [1.29, 1.82) is 0 Å². The normalized spacial score (nSPS) is 54.0. The van der Waals surface area contributed by atoms with Crippen molar-refractivity contribution in [1.82, 2.24) is 0 Å². The van der Waals surface area contributed by atoms with Crippen molar-refractivity contribution < 1.29 is 30.3 Å². The lowest BCUT2D eigenvalue weighted by Gasteiger charge is -2.64. The van der Waals surface area contributed by atoms with E-state index in [9.17, 15) is 25.2 Å². The molecule has 4 fully saturated rings. The van der Waals surface area contributed by atoms with Crippen molar-refractivity contribution in [3.05, 3.63) is 0 Å². The number of aliphatic hydroxyl groups excluding tert-OH is 4. The summed E-state index contributed by atoms with van der Waals surface area (Å²) in [4.78, 5) is 11.1. The zero-order valence-corrected chi connectivity index (χ0v) is 18.6. The van der Waals surface area contributed by atoms with Crippen molar-refractivity contribution in [2.24, 2.45) is 46.3 Å². The summed E-state index contributed by atoms with van der Waals surface area (Å²) in [6.45, 7) is 6.45. The molecule has 12 atom stereocenters. The number of aliphatic carboxylic acids is 1. The number of rotatable bonds is 4. The summed E-state index contributed by atoms with van der Waals surface area (Å²) in [7, 11) is 0. The number of hydrogen-bond acceptors (Lipinski definition) is 5. The topological polar surface area (TPSA) is 118 Å². The van der Waals surface area contributed by atoms with Gasteiger partial charge in [-0.25, -0.2) is 0 Å². The van der Waals surface area contributed by atoms with Crippen molar-refractivity contribution in [3.8, 4) is 0 Å². The third-order valence-electron chi connectivity index (χ3n) is 10.4. The summed E-state index contributed by atoms with van der Waals surface area (Å²) in [5, 5.41) is 53.1. The first-order valence-electron chi connectivity index (χ1n) is 12.0. The molecule has 6 nitrogen and oxygen atoms in total. The number of carboxylic acid groups (broad SMARTS) is 1. The molecule has 0 aromatic rings. The Morgan fingerprint density at radius 1 is 0.967 bits per heavy atom. The highest BCUT2D eigenvalue weighted by molar-refractivity contribution is 5.66. The molecule has 0 radical (unpaired) electrons. The van der Waals surface area contributed by atoms with E-state index in [1.807, 2.05) is 0 Å². The summed E-state index contributed by atoms with van der Waals surface area (Å²) >= 11 is 0. The van der Waals surface area contributed by atoms with Gasteiger partial charge in [0.15, 0.2) is 0 Å². The van der Waals surface area contributed by atoms with Crippen LogP contribution in [0.15, 0.2) is 0 Å². The SMILES string of the molecule is C[C@H](CCC(=O)O)[C@H]1CC[C@H]2[C@@H]3C(O)C(O)C4CC(O)CC[C@]4(C)[C@H]3CC(O)[C@]12C. The molecule has 30 heavy (non-hydrogen) atoms. The molecule has 0 saturated heterocycles. The minimum absolute atomic E-state index is 0.0541. The fourth-order valence-electron chi connectivity index (χ4n) is 8.72. The van der Waals surface area contributed by atoms with Gasteiger partial charge in [-0.1, -0.05) is 20.8 Å². The van der Waals surface area contributed by atoms with Crippen LogP contribution >= 0.6 is 0 Å². The second-order valence-corrected chi connectivity index (χ2v) is 11.5. The lowest BCUT2D eigenvalue weighted by Crippen LogP contribution is -2.66. The average molecular weight is 425 g/mol. The number of hydrogen-bond donors (Lipinski definition) is 5. The molecule has 4 saturated carbocycles. The quantitative estimate of drug-likeness (QED) is 0.473. The van der Waals surface area contributed by atoms with Crippen molar-refractivity contribution in [2.45, 2.75) is 96.6 Å². The predicted octanol–water partition coefficient (Wildman–Crippen LogP) is 2.42. The summed E-state index contributed by atoms with van der Waals surface area (Å²) in [5.41, 5.74) is -0.547. The highest BCUT2D eigenvalue weighted by Crippen LogP contribution is 2.68. The van der Waals surface area contributed by atoms with Gasteiger partial charge in [0.2, 0.25) is 0 Å². The fourth-order valence-corrected chi connectivity index (χ4v) is 8.72. The van der Waals surface area contributed by atoms with Crippen LogP contribution in [0.4, 0.5) is 0 Å². The maximum atomic E-state index is 11.5. The second-order valence-electron chi connectivity index (χ2n) is 11.5. The number of carboxylic acids is 1. The van der Waals surface area contributed by atoms with Crippen LogP contribution < -0.4 is 0 Å². The highest BCUT2D eigenvalue weighted by atomic mass is 16.4. The van der Waals surface area contributed by atoms with Crippen LogP contribution in [0.5, 0.6) is 0 Å². The zero-order valence-electron chi connectivity index (χ0n) is 18.6. The van der Waals surface area contributed by atoms with Gasteiger partial charge in [-0.15, -0.1) is 0 Å². The van der Waals surface area contributed by atoms with E-state index < -0.39 is 30.4 Å². The Morgan fingerprint density at radius 2 is 1.67 bits per heavy atom. The fraction of sp³-hybridized carbons (Fsp3) is 0.958.